The van der Waals surface area contributed by atoms with Crippen LogP contribution in [0.3, 0.4) is 0 Å². The highest BCUT2D eigenvalue weighted by Crippen LogP contribution is 2.49. The first-order valence-electron chi connectivity index (χ1n) is 18.9. The van der Waals surface area contributed by atoms with E-state index in [-0.39, 0.29) is 18.6 Å². The minimum absolute atomic E-state index is 0.179. The number of aliphatic hydroxyl groups is 2. The van der Waals surface area contributed by atoms with Crippen LogP contribution in [0.25, 0.3) is 0 Å². The van der Waals surface area contributed by atoms with Gasteiger partial charge in [-0.2, -0.15) is 0 Å². The fraction of sp³-hybridized carbons (Fsp3) is 0.895. The molecule has 2 N–H and O–H groups in total. The zero-order chi connectivity index (χ0) is 38.7. The first-order chi connectivity index (χ1) is 24.2. The Morgan fingerprint density at radius 3 is 2.23 bits per heavy atom. The van der Waals surface area contributed by atoms with E-state index in [2.05, 4.69) is 0 Å². The smallest absolute Gasteiger partial charge is 0.488 e. The molecule has 5 rings (SSSR count). The Hall–Kier alpha value is -2.04. The topological polar surface area (TPSA) is 161 Å². The maximum atomic E-state index is 14.3. The van der Waals surface area contributed by atoms with E-state index in [1.54, 1.807) is 27.7 Å². The molecule has 0 saturated carbocycles. The summed E-state index contributed by atoms with van der Waals surface area (Å²) < 4.78 is 56.9. The van der Waals surface area contributed by atoms with E-state index in [1.165, 1.54) is 7.11 Å². The third-order valence-corrected chi connectivity index (χ3v) is 12.4. The first-order valence-corrected chi connectivity index (χ1v) is 18.9. The van der Waals surface area contributed by atoms with E-state index in [4.69, 9.17) is 42.6 Å². The molecule has 14 nitrogen and oxygen atoms in total. The van der Waals surface area contributed by atoms with E-state index in [1.807, 2.05) is 60.5 Å². The Morgan fingerprint density at radius 1 is 0.942 bits per heavy atom. The van der Waals surface area contributed by atoms with Gasteiger partial charge in [0.2, 0.25) is 0 Å². The standard InChI is InChI=1S/C38H63NO13/c1-14-25-38(10)32(50-35(43)52-38)20(4)28-18(2)16-37(9,51-28)31(49-34-27(40)24(39(11)12)15-19(3)45-34)21(5)29(22(6)33(42)47-25)48-26-17-36(8,44-13)30(41)23(7)46-26/h19-27,29-32,34,40-41H,14-17H2,1-13H3/t19-,20+,21+,22-,23+,24+,25-,26+,27-,29+,30+,31-,32-,34+,36-,37-,38-/m1/s1. The van der Waals surface area contributed by atoms with E-state index in [9.17, 15) is 19.8 Å². The number of carbonyl (C=O) groups is 2. The molecule has 52 heavy (non-hydrogen) atoms. The van der Waals surface area contributed by atoms with Gasteiger partial charge in [-0.25, -0.2) is 4.79 Å². The lowest BCUT2D eigenvalue weighted by Crippen LogP contribution is -2.60. The minimum Gasteiger partial charge on any atom is -0.488 e. The molecular weight excluding hydrogens is 678 g/mol. The van der Waals surface area contributed by atoms with Crippen LogP contribution < -0.4 is 0 Å². The van der Waals surface area contributed by atoms with Crippen molar-refractivity contribution in [3.05, 3.63) is 11.3 Å². The molecule has 5 aliphatic rings. The molecule has 0 radical (unpaired) electrons. The molecule has 0 amide bonds. The summed E-state index contributed by atoms with van der Waals surface area (Å²) in [6.45, 7) is 18.6. The van der Waals surface area contributed by atoms with Crippen LogP contribution in [0.2, 0.25) is 0 Å². The Balaban J connectivity index is 1.62. The molecule has 0 aliphatic carbocycles. The highest BCUT2D eigenvalue weighted by molar-refractivity contribution is 5.73. The van der Waals surface area contributed by atoms with Crippen LogP contribution in [0.15, 0.2) is 11.3 Å². The summed E-state index contributed by atoms with van der Waals surface area (Å²) in [7, 11) is 5.36. The number of hydrogen-bond donors (Lipinski definition) is 2. The van der Waals surface area contributed by atoms with Gasteiger partial charge in [-0.1, -0.05) is 20.8 Å². The van der Waals surface area contributed by atoms with E-state index < -0.39 is 102 Å². The number of carbonyl (C=O) groups excluding carboxylic acids is 2. The number of fused-ring (bicyclic) bond motifs is 3. The quantitative estimate of drug-likeness (QED) is 0.360. The third-order valence-electron chi connectivity index (χ3n) is 12.4. The van der Waals surface area contributed by atoms with E-state index in [0.29, 0.717) is 25.0 Å². The second kappa shape index (κ2) is 15.2. The van der Waals surface area contributed by atoms with Crippen molar-refractivity contribution in [2.45, 2.75) is 179 Å². The van der Waals surface area contributed by atoms with Gasteiger partial charge >= 0.3 is 12.1 Å². The number of cyclic esters (lactones) is 1. The van der Waals surface area contributed by atoms with Gasteiger partial charge in [0, 0.05) is 31.9 Å². The van der Waals surface area contributed by atoms with Crippen molar-refractivity contribution in [3.8, 4) is 0 Å². The van der Waals surface area contributed by atoms with Gasteiger partial charge < -0.3 is 57.7 Å². The predicted molar refractivity (Wildman–Crippen MR) is 187 cm³/mol. The SMILES string of the molecule is CC[C@H]1OC(=O)[C@H](C)[C@@H](O[C@H]2C[C@@](C)(OC)[C@@H](O)[C@H](C)O2)[C@H](C)[C@@H](O[C@@H]2O[C@H](C)C[C@H](N(C)C)[C@H]2O)[C@@]2(C)CC(C)=C(O2)[C@H](C)[C@H]2OC(=O)O[C@@]21C. The lowest BCUT2D eigenvalue weighted by molar-refractivity contribution is -0.316. The van der Waals surface area contributed by atoms with Crippen LogP contribution in [0.1, 0.15) is 94.9 Å². The molecule has 0 spiro atoms. The molecule has 0 aromatic rings. The van der Waals surface area contributed by atoms with Crippen LogP contribution in [-0.4, -0.2) is 133 Å². The number of methoxy groups -OCH3 is 1. The Bertz CT molecular complexity index is 1340. The number of likely N-dealkylation sites (N-methyl/N-ethyl adjacent to an activating group) is 1. The van der Waals surface area contributed by atoms with Crippen molar-refractivity contribution in [1.82, 2.24) is 4.90 Å². The normalized spacial score (nSPS) is 48.8. The number of aliphatic hydroxyl groups excluding tert-OH is 2. The number of ether oxygens (including phenoxy) is 9. The van der Waals surface area contributed by atoms with Gasteiger partial charge in [0.1, 0.15) is 35.8 Å². The first kappa shape index (κ1) is 41.1. The van der Waals surface area contributed by atoms with Crippen LogP contribution in [-0.2, 0) is 47.4 Å². The van der Waals surface area contributed by atoms with Gasteiger partial charge in [-0.15, -0.1) is 0 Å². The molecule has 0 unspecified atom stereocenters. The number of esters is 1. The lowest BCUT2D eigenvalue weighted by Gasteiger charge is -2.48. The molecule has 2 bridgehead atoms. The zero-order valence-corrected chi connectivity index (χ0v) is 33.2. The fourth-order valence-corrected chi connectivity index (χ4v) is 9.35. The van der Waals surface area contributed by atoms with Gasteiger partial charge in [-0.3, -0.25) is 4.79 Å². The van der Waals surface area contributed by atoms with Gasteiger partial charge in [-0.05, 0) is 81.0 Å². The van der Waals surface area contributed by atoms with Crippen LogP contribution >= 0.6 is 0 Å². The number of nitrogens with zero attached hydrogens (tertiary/aromatic N) is 1. The summed E-state index contributed by atoms with van der Waals surface area (Å²) in [6, 6.07) is -0.233. The van der Waals surface area contributed by atoms with Crippen molar-refractivity contribution in [2.24, 2.45) is 17.8 Å². The summed E-state index contributed by atoms with van der Waals surface area (Å²) in [5.74, 6) is -1.92. The van der Waals surface area contributed by atoms with E-state index in [0.717, 1.165) is 5.57 Å². The summed E-state index contributed by atoms with van der Waals surface area (Å²) in [5.41, 5.74) is -2.42. The molecule has 17 atom stereocenters. The molecule has 0 aromatic heterocycles. The maximum absolute atomic E-state index is 14.3. The highest BCUT2D eigenvalue weighted by Gasteiger charge is 2.61. The number of rotatable bonds is 7. The van der Waals surface area contributed by atoms with Crippen LogP contribution in [0.4, 0.5) is 4.79 Å². The summed E-state index contributed by atoms with van der Waals surface area (Å²) in [4.78, 5) is 29.1. The fourth-order valence-electron chi connectivity index (χ4n) is 9.35. The molecular formula is C38H63NO13. The van der Waals surface area contributed by atoms with Crippen molar-refractivity contribution < 1.29 is 62.4 Å². The summed E-state index contributed by atoms with van der Waals surface area (Å²) in [6.07, 6.45) is -7.35. The zero-order valence-electron chi connectivity index (χ0n) is 33.2. The third kappa shape index (κ3) is 7.47. The van der Waals surface area contributed by atoms with Crippen molar-refractivity contribution in [3.63, 3.8) is 0 Å². The highest BCUT2D eigenvalue weighted by atomic mass is 16.8. The molecule has 5 aliphatic heterocycles. The number of hydrogen-bond acceptors (Lipinski definition) is 14. The average Bonchev–Trinajstić information content (AvgIpc) is 3.57. The Morgan fingerprint density at radius 2 is 1.62 bits per heavy atom. The monoisotopic (exact) mass is 741 g/mol. The Labute approximate surface area is 308 Å². The summed E-state index contributed by atoms with van der Waals surface area (Å²) in [5, 5.41) is 22.6. The largest absolute Gasteiger partial charge is 0.509 e. The maximum Gasteiger partial charge on any atom is 0.509 e. The lowest BCUT2D eigenvalue weighted by atomic mass is 9.78. The van der Waals surface area contributed by atoms with Gasteiger partial charge in [0.25, 0.3) is 0 Å². The molecule has 4 saturated heterocycles. The second-order valence-corrected chi connectivity index (χ2v) is 16.7. The van der Waals surface area contributed by atoms with E-state index >= 15 is 0 Å². The van der Waals surface area contributed by atoms with Gasteiger partial charge in [0.05, 0.1) is 35.7 Å². The molecule has 14 heteroatoms. The molecule has 4 fully saturated rings. The van der Waals surface area contributed by atoms with Gasteiger partial charge in [0.15, 0.2) is 24.3 Å². The predicted octanol–water partition coefficient (Wildman–Crippen LogP) is 4.07. The van der Waals surface area contributed by atoms with Crippen LogP contribution in [0.5, 0.6) is 0 Å². The average molecular weight is 742 g/mol. The molecule has 0 aromatic carbocycles. The summed E-state index contributed by atoms with van der Waals surface area (Å²) >= 11 is 0. The van der Waals surface area contributed by atoms with Crippen molar-refractivity contribution in [2.75, 3.05) is 21.2 Å². The Kier molecular flexibility index (Phi) is 12.1. The van der Waals surface area contributed by atoms with Crippen molar-refractivity contribution >= 4 is 12.1 Å². The minimum atomic E-state index is -1.32. The van der Waals surface area contributed by atoms with Crippen molar-refractivity contribution in [1.29, 1.82) is 0 Å². The van der Waals surface area contributed by atoms with Crippen LogP contribution in [0, 0.1) is 17.8 Å². The second-order valence-electron chi connectivity index (χ2n) is 16.7. The molecule has 5 heterocycles. The molecule has 298 valence electrons.